The lowest BCUT2D eigenvalue weighted by Crippen LogP contribution is -2.38. The molecule has 3 aromatic rings. The molecule has 3 N–H and O–H groups in total. The van der Waals surface area contributed by atoms with Crippen molar-refractivity contribution >= 4 is 29.6 Å². The first kappa shape index (κ1) is 25.2. The molecule has 0 spiro atoms. The van der Waals surface area contributed by atoms with Crippen LogP contribution in [0.2, 0.25) is 0 Å². The average Bonchev–Trinajstić information content (AvgIpc) is 2.89. The first-order chi connectivity index (χ1) is 17.0. The lowest BCUT2D eigenvalue weighted by atomic mass is 10.1. The van der Waals surface area contributed by atoms with E-state index in [9.17, 15) is 14.4 Å². The number of nitrogens with zero attached hydrogens (tertiary/aromatic N) is 1. The first-order valence-corrected chi connectivity index (χ1v) is 11.3. The Morgan fingerprint density at radius 2 is 1.57 bits per heavy atom. The molecule has 0 bridgehead atoms. The summed E-state index contributed by atoms with van der Waals surface area (Å²) in [6, 6.07) is 24.1. The number of hydrogen-bond donors (Lipinski definition) is 3. The van der Waals surface area contributed by atoms with Gasteiger partial charge in [-0.05, 0) is 65.9 Å². The van der Waals surface area contributed by atoms with Gasteiger partial charge in [-0.25, -0.2) is 5.43 Å². The van der Waals surface area contributed by atoms with Crippen molar-refractivity contribution < 1.29 is 19.1 Å². The smallest absolute Gasteiger partial charge is 0.329 e. The summed E-state index contributed by atoms with van der Waals surface area (Å²) in [5.41, 5.74) is 5.87. The highest BCUT2D eigenvalue weighted by atomic mass is 16.5. The number of benzene rings is 3. The van der Waals surface area contributed by atoms with Crippen LogP contribution in [-0.4, -0.2) is 37.1 Å². The predicted molar refractivity (Wildman–Crippen MR) is 135 cm³/mol. The monoisotopic (exact) mass is 472 g/mol. The maximum absolute atomic E-state index is 12.1. The lowest BCUT2D eigenvalue weighted by molar-refractivity contribution is -0.139. The number of nitrogens with one attached hydrogen (secondary N) is 3. The Morgan fingerprint density at radius 3 is 2.26 bits per heavy atom. The minimum atomic E-state index is -0.843. The fraction of sp³-hybridized carbons (Fsp3) is 0.185. The molecule has 3 rings (SSSR count). The number of carbonyl (C=O) groups excluding carboxylic acids is 3. The minimum absolute atomic E-state index is 0.127. The molecule has 35 heavy (non-hydrogen) atoms. The molecule has 0 heterocycles. The summed E-state index contributed by atoms with van der Waals surface area (Å²) in [5.74, 6) is -1.34. The number of rotatable bonds is 10. The molecule has 0 fully saturated rings. The van der Waals surface area contributed by atoms with E-state index in [-0.39, 0.29) is 12.5 Å². The van der Waals surface area contributed by atoms with E-state index in [1.807, 2.05) is 54.6 Å². The van der Waals surface area contributed by atoms with Gasteiger partial charge in [0.15, 0.2) is 6.61 Å². The Labute approximate surface area is 204 Å². The van der Waals surface area contributed by atoms with Crippen molar-refractivity contribution in [2.75, 3.05) is 18.5 Å². The summed E-state index contributed by atoms with van der Waals surface area (Å²) in [7, 11) is 0. The van der Waals surface area contributed by atoms with Crippen molar-refractivity contribution in [1.82, 2.24) is 10.7 Å². The van der Waals surface area contributed by atoms with E-state index in [2.05, 4.69) is 28.1 Å². The van der Waals surface area contributed by atoms with E-state index in [1.165, 1.54) is 11.8 Å². The Morgan fingerprint density at radius 1 is 0.857 bits per heavy atom. The highest BCUT2D eigenvalue weighted by molar-refractivity contribution is 6.35. The Balaban J connectivity index is 1.36. The number of anilines is 1. The van der Waals surface area contributed by atoms with Crippen LogP contribution in [0.25, 0.3) is 0 Å². The Hall–Kier alpha value is -4.46. The van der Waals surface area contributed by atoms with E-state index < -0.39 is 11.8 Å². The highest BCUT2D eigenvalue weighted by Gasteiger charge is 2.11. The molecule has 8 nitrogen and oxygen atoms in total. The fourth-order valence-corrected chi connectivity index (χ4v) is 3.08. The van der Waals surface area contributed by atoms with E-state index in [4.69, 9.17) is 4.74 Å². The van der Waals surface area contributed by atoms with Gasteiger partial charge in [-0.3, -0.25) is 14.4 Å². The number of hydrazone groups is 1. The summed E-state index contributed by atoms with van der Waals surface area (Å²) in [4.78, 5) is 35.8. The van der Waals surface area contributed by atoms with Crippen LogP contribution in [0, 0.1) is 0 Å². The third-order valence-corrected chi connectivity index (χ3v) is 5.02. The van der Waals surface area contributed by atoms with E-state index in [1.54, 1.807) is 24.3 Å². The molecule has 0 aromatic heterocycles. The number of amides is 3. The van der Waals surface area contributed by atoms with E-state index >= 15 is 0 Å². The van der Waals surface area contributed by atoms with Gasteiger partial charge in [0.1, 0.15) is 5.75 Å². The van der Waals surface area contributed by atoms with Crippen LogP contribution >= 0.6 is 0 Å². The molecule has 0 aliphatic rings. The van der Waals surface area contributed by atoms with Crippen LogP contribution < -0.4 is 20.8 Å². The second-order valence-corrected chi connectivity index (χ2v) is 7.65. The lowest BCUT2D eigenvalue weighted by Gasteiger charge is -2.08. The molecule has 0 unspecified atom stereocenters. The normalized spacial score (nSPS) is 10.5. The van der Waals surface area contributed by atoms with Gasteiger partial charge in [-0.1, -0.05) is 49.4 Å². The Kier molecular flexibility index (Phi) is 9.56. The van der Waals surface area contributed by atoms with Gasteiger partial charge in [0.05, 0.1) is 6.21 Å². The molecule has 0 saturated carbocycles. The highest BCUT2D eigenvalue weighted by Crippen LogP contribution is 2.12. The van der Waals surface area contributed by atoms with Gasteiger partial charge in [0.2, 0.25) is 0 Å². The van der Waals surface area contributed by atoms with Gasteiger partial charge in [-0.2, -0.15) is 5.10 Å². The molecular weight excluding hydrogens is 444 g/mol. The zero-order valence-corrected chi connectivity index (χ0v) is 19.5. The quantitative estimate of drug-likeness (QED) is 0.239. The molecule has 3 amide bonds. The summed E-state index contributed by atoms with van der Waals surface area (Å²) in [6.45, 7) is 2.30. The topological polar surface area (TPSA) is 109 Å². The maximum atomic E-state index is 12.1. The predicted octanol–water partition coefficient (Wildman–Crippen LogP) is 3.08. The fourth-order valence-electron chi connectivity index (χ4n) is 3.08. The third kappa shape index (κ3) is 8.77. The second kappa shape index (κ2) is 13.3. The number of hydrogen-bond acceptors (Lipinski definition) is 5. The average molecular weight is 473 g/mol. The van der Waals surface area contributed by atoms with E-state index in [0.29, 0.717) is 30.0 Å². The molecule has 0 atom stereocenters. The number of carbonyl (C=O) groups is 3. The molecular formula is C27H28N4O4. The third-order valence-electron chi connectivity index (χ3n) is 5.02. The first-order valence-electron chi connectivity index (χ1n) is 11.3. The maximum Gasteiger partial charge on any atom is 0.329 e. The molecule has 180 valence electrons. The zero-order valence-electron chi connectivity index (χ0n) is 19.5. The number of ether oxygens (including phenoxy) is 1. The number of aryl methyl sites for hydroxylation is 1. The summed E-state index contributed by atoms with van der Waals surface area (Å²) in [5, 5.41) is 9.14. The van der Waals surface area contributed by atoms with Crippen LogP contribution in [0.3, 0.4) is 0 Å². The van der Waals surface area contributed by atoms with Crippen LogP contribution in [0.5, 0.6) is 5.75 Å². The van der Waals surface area contributed by atoms with Crippen molar-refractivity contribution in [1.29, 1.82) is 0 Å². The summed E-state index contributed by atoms with van der Waals surface area (Å²) >= 11 is 0. The van der Waals surface area contributed by atoms with Crippen LogP contribution in [-0.2, 0) is 27.2 Å². The molecule has 0 aliphatic carbocycles. The van der Waals surface area contributed by atoms with E-state index in [0.717, 1.165) is 12.0 Å². The van der Waals surface area contributed by atoms with Crippen LogP contribution in [0.1, 0.15) is 23.6 Å². The summed E-state index contributed by atoms with van der Waals surface area (Å²) in [6.07, 6.45) is 2.98. The van der Waals surface area contributed by atoms with Crippen molar-refractivity contribution in [2.45, 2.75) is 19.8 Å². The van der Waals surface area contributed by atoms with Crippen LogP contribution in [0.4, 0.5) is 5.69 Å². The minimum Gasteiger partial charge on any atom is -0.484 e. The van der Waals surface area contributed by atoms with Gasteiger partial charge in [-0.15, -0.1) is 0 Å². The van der Waals surface area contributed by atoms with Crippen LogP contribution in [0.15, 0.2) is 84.0 Å². The van der Waals surface area contributed by atoms with Crippen molar-refractivity contribution in [3.8, 4) is 5.75 Å². The molecule has 0 aliphatic heterocycles. The molecule has 0 radical (unpaired) electrons. The molecule has 0 saturated heterocycles. The zero-order chi connectivity index (χ0) is 24.9. The van der Waals surface area contributed by atoms with Crippen molar-refractivity contribution in [2.24, 2.45) is 5.10 Å². The largest absolute Gasteiger partial charge is 0.484 e. The SMILES string of the molecule is CCc1ccc(NC(=O)COc2ccc(/C=N\NC(=O)C(=O)NCCc3ccccc3)cc2)cc1. The summed E-state index contributed by atoms with van der Waals surface area (Å²) < 4.78 is 5.50. The Bertz CT molecular complexity index is 1140. The van der Waals surface area contributed by atoms with Gasteiger partial charge in [0.25, 0.3) is 5.91 Å². The standard InChI is InChI=1S/C27H28N4O4/c1-2-20-8-12-23(13-9-20)30-25(32)19-35-24-14-10-22(11-15-24)18-29-31-27(34)26(33)28-17-16-21-6-4-3-5-7-21/h3-15,18H,2,16-17,19H2,1H3,(H,28,33)(H,30,32)(H,31,34)/b29-18-. The van der Waals surface area contributed by atoms with Gasteiger partial charge >= 0.3 is 11.8 Å². The van der Waals surface area contributed by atoms with Crippen molar-refractivity contribution in [3.63, 3.8) is 0 Å². The molecule has 3 aromatic carbocycles. The molecule has 8 heteroatoms. The second-order valence-electron chi connectivity index (χ2n) is 7.65. The van der Waals surface area contributed by atoms with Crippen molar-refractivity contribution in [3.05, 3.63) is 95.6 Å². The van der Waals surface area contributed by atoms with Gasteiger partial charge < -0.3 is 15.4 Å². The van der Waals surface area contributed by atoms with Gasteiger partial charge in [0, 0.05) is 12.2 Å².